The fourth-order valence-electron chi connectivity index (χ4n) is 2.39. The number of nitrogens with zero attached hydrogens (tertiary/aromatic N) is 1. The van der Waals surface area contributed by atoms with Crippen molar-refractivity contribution in [2.45, 2.75) is 52.3 Å². The number of nitrogens with one attached hydrogen (secondary N) is 1. The van der Waals surface area contributed by atoms with Gasteiger partial charge < -0.3 is 0 Å². The van der Waals surface area contributed by atoms with Crippen LogP contribution >= 0.6 is 11.6 Å². The van der Waals surface area contributed by atoms with Crippen LogP contribution in [-0.2, 0) is 10.2 Å². The third-order valence-electron chi connectivity index (χ3n) is 3.28. The summed E-state index contributed by atoms with van der Waals surface area (Å²) in [5, 5.41) is -0.169. The van der Waals surface area contributed by atoms with Crippen molar-refractivity contribution in [3.8, 4) is 0 Å². The van der Waals surface area contributed by atoms with Crippen LogP contribution in [-0.4, -0.2) is 37.7 Å². The molecular formula is C13H27ClN2O2S. The maximum atomic E-state index is 12.2. The largest absolute Gasteiger partial charge is 0.279 e. The van der Waals surface area contributed by atoms with Crippen LogP contribution in [0.1, 0.15) is 47.0 Å². The molecular weight excluding hydrogens is 284 g/mol. The Bertz CT molecular complexity index is 379. The van der Waals surface area contributed by atoms with E-state index in [0.29, 0.717) is 25.6 Å². The highest BCUT2D eigenvalue weighted by Crippen LogP contribution is 2.23. The monoisotopic (exact) mass is 310 g/mol. The summed E-state index contributed by atoms with van der Waals surface area (Å²) in [7, 11) is -3.37. The van der Waals surface area contributed by atoms with Gasteiger partial charge in [-0.15, -0.1) is 11.6 Å². The molecule has 6 heteroatoms. The first-order valence-corrected chi connectivity index (χ1v) is 8.86. The van der Waals surface area contributed by atoms with Gasteiger partial charge in [-0.05, 0) is 30.6 Å². The lowest BCUT2D eigenvalue weighted by Gasteiger charge is -2.30. The molecule has 0 aromatic carbocycles. The van der Waals surface area contributed by atoms with Crippen LogP contribution in [0.15, 0.2) is 0 Å². The Balaban J connectivity index is 2.46. The predicted octanol–water partition coefficient (Wildman–Crippen LogP) is 2.60. The zero-order valence-electron chi connectivity index (χ0n) is 12.4. The van der Waals surface area contributed by atoms with E-state index in [9.17, 15) is 8.42 Å². The average Bonchev–Trinajstić information content (AvgIpc) is 2.24. The van der Waals surface area contributed by atoms with Gasteiger partial charge in [0.1, 0.15) is 0 Å². The van der Waals surface area contributed by atoms with Crippen molar-refractivity contribution in [2.75, 3.05) is 19.6 Å². The molecule has 2 atom stereocenters. The fourth-order valence-corrected chi connectivity index (χ4v) is 4.43. The summed E-state index contributed by atoms with van der Waals surface area (Å²) in [5.41, 5.74) is 0.109. The molecule has 2 unspecified atom stereocenters. The van der Waals surface area contributed by atoms with E-state index in [1.807, 2.05) is 0 Å². The van der Waals surface area contributed by atoms with Gasteiger partial charge >= 0.3 is 0 Å². The van der Waals surface area contributed by atoms with Gasteiger partial charge in [-0.1, -0.05) is 27.7 Å². The van der Waals surface area contributed by atoms with Gasteiger partial charge in [-0.2, -0.15) is 12.7 Å². The highest BCUT2D eigenvalue weighted by molar-refractivity contribution is 7.87. The quantitative estimate of drug-likeness (QED) is 0.794. The number of hydrogen-bond acceptors (Lipinski definition) is 2. The summed E-state index contributed by atoms with van der Waals surface area (Å²) >= 11 is 6.19. The minimum atomic E-state index is -3.37. The number of rotatable bonds is 5. The summed E-state index contributed by atoms with van der Waals surface area (Å²) in [6.07, 6.45) is 2.83. The van der Waals surface area contributed by atoms with Crippen molar-refractivity contribution < 1.29 is 8.42 Å². The Morgan fingerprint density at radius 1 is 1.42 bits per heavy atom. The van der Waals surface area contributed by atoms with Crippen LogP contribution < -0.4 is 4.72 Å². The van der Waals surface area contributed by atoms with E-state index in [-0.39, 0.29) is 10.8 Å². The van der Waals surface area contributed by atoms with Crippen molar-refractivity contribution >= 4 is 21.8 Å². The molecule has 114 valence electrons. The zero-order valence-corrected chi connectivity index (χ0v) is 14.0. The van der Waals surface area contributed by atoms with Crippen LogP contribution in [0.5, 0.6) is 0 Å². The summed E-state index contributed by atoms with van der Waals surface area (Å²) in [6.45, 7) is 9.92. The molecule has 0 amide bonds. The summed E-state index contributed by atoms with van der Waals surface area (Å²) in [5.74, 6) is 0.437. The molecule has 0 aromatic rings. The Morgan fingerprint density at radius 2 is 2.05 bits per heavy atom. The molecule has 19 heavy (non-hydrogen) atoms. The van der Waals surface area contributed by atoms with E-state index in [1.165, 1.54) is 0 Å². The molecule has 4 nitrogen and oxygen atoms in total. The fraction of sp³-hybridized carbons (Fsp3) is 1.00. The maximum absolute atomic E-state index is 12.2. The second kappa shape index (κ2) is 6.74. The Kier molecular flexibility index (Phi) is 6.11. The van der Waals surface area contributed by atoms with Crippen molar-refractivity contribution in [2.24, 2.45) is 11.3 Å². The third-order valence-corrected chi connectivity index (χ3v) is 5.13. The van der Waals surface area contributed by atoms with Crippen LogP contribution in [0.25, 0.3) is 0 Å². The lowest BCUT2D eigenvalue weighted by atomic mass is 9.90. The highest BCUT2D eigenvalue weighted by Gasteiger charge is 2.27. The Morgan fingerprint density at radius 3 is 2.58 bits per heavy atom. The zero-order chi connectivity index (χ0) is 14.7. The van der Waals surface area contributed by atoms with E-state index >= 15 is 0 Å². The number of hydrogen-bond donors (Lipinski definition) is 1. The predicted molar refractivity (Wildman–Crippen MR) is 80.6 cm³/mol. The number of alkyl halides is 1. The van der Waals surface area contributed by atoms with Gasteiger partial charge in [0, 0.05) is 25.0 Å². The van der Waals surface area contributed by atoms with Crippen molar-refractivity contribution in [3.63, 3.8) is 0 Å². The molecule has 0 aromatic heterocycles. The molecule has 1 aliphatic heterocycles. The van der Waals surface area contributed by atoms with E-state index in [1.54, 1.807) is 4.31 Å². The topological polar surface area (TPSA) is 49.4 Å². The highest BCUT2D eigenvalue weighted by atomic mass is 35.5. The van der Waals surface area contributed by atoms with E-state index < -0.39 is 10.2 Å². The number of piperidine rings is 1. The van der Waals surface area contributed by atoms with Crippen LogP contribution in [0, 0.1) is 11.3 Å². The van der Waals surface area contributed by atoms with Crippen LogP contribution in [0.4, 0.5) is 0 Å². The maximum Gasteiger partial charge on any atom is 0.279 e. The van der Waals surface area contributed by atoms with Gasteiger partial charge in [-0.25, -0.2) is 4.72 Å². The van der Waals surface area contributed by atoms with E-state index in [2.05, 4.69) is 32.4 Å². The molecule has 0 bridgehead atoms. The van der Waals surface area contributed by atoms with Crippen LogP contribution in [0.3, 0.4) is 0 Å². The lowest BCUT2D eigenvalue weighted by molar-refractivity contribution is 0.277. The molecule has 0 saturated carbocycles. The SMILES string of the molecule is CC1CCCN(S(=O)(=O)NCC(Cl)CC(C)(C)C)C1. The average molecular weight is 311 g/mol. The molecule has 0 aliphatic carbocycles. The molecule has 1 saturated heterocycles. The van der Waals surface area contributed by atoms with Crippen molar-refractivity contribution in [1.82, 2.24) is 9.03 Å². The molecule has 1 heterocycles. The van der Waals surface area contributed by atoms with Gasteiger partial charge in [-0.3, -0.25) is 0 Å². The second-order valence-corrected chi connectivity index (χ2v) is 9.19. The van der Waals surface area contributed by atoms with Gasteiger partial charge in [0.15, 0.2) is 0 Å². The lowest BCUT2D eigenvalue weighted by Crippen LogP contribution is -2.47. The standard InChI is InChI=1S/C13H27ClN2O2S/c1-11-6-5-7-16(10-11)19(17,18)15-9-12(14)8-13(2,3)4/h11-12,15H,5-10H2,1-4H3. The summed E-state index contributed by atoms with van der Waals surface area (Å²) in [6, 6.07) is 0. The number of halogens is 1. The van der Waals surface area contributed by atoms with Crippen LogP contribution in [0.2, 0.25) is 0 Å². The Hall–Kier alpha value is 0.160. The first kappa shape index (κ1) is 17.2. The van der Waals surface area contributed by atoms with Gasteiger partial charge in [0.25, 0.3) is 10.2 Å². The van der Waals surface area contributed by atoms with Gasteiger partial charge in [0.05, 0.1) is 0 Å². The molecule has 1 aliphatic rings. The summed E-state index contributed by atoms with van der Waals surface area (Å²) in [4.78, 5) is 0. The minimum absolute atomic E-state index is 0.109. The summed E-state index contributed by atoms with van der Waals surface area (Å²) < 4.78 is 28.5. The smallest absolute Gasteiger partial charge is 0.201 e. The minimum Gasteiger partial charge on any atom is -0.201 e. The molecule has 1 fully saturated rings. The second-order valence-electron chi connectivity index (χ2n) is 6.82. The first-order valence-electron chi connectivity index (χ1n) is 6.99. The van der Waals surface area contributed by atoms with Crippen molar-refractivity contribution in [3.05, 3.63) is 0 Å². The van der Waals surface area contributed by atoms with E-state index in [0.717, 1.165) is 19.3 Å². The first-order chi connectivity index (χ1) is 8.60. The molecule has 0 spiro atoms. The van der Waals surface area contributed by atoms with Crippen molar-refractivity contribution in [1.29, 1.82) is 0 Å². The van der Waals surface area contributed by atoms with E-state index in [4.69, 9.17) is 11.6 Å². The molecule has 0 radical (unpaired) electrons. The molecule has 1 N–H and O–H groups in total. The van der Waals surface area contributed by atoms with Gasteiger partial charge in [0.2, 0.25) is 0 Å². The Labute approximate surface area is 123 Å². The molecule has 1 rings (SSSR count). The third kappa shape index (κ3) is 6.43. The normalized spacial score (nSPS) is 24.4.